The van der Waals surface area contributed by atoms with E-state index < -0.39 is 16.7 Å². The first-order chi connectivity index (χ1) is 9.55. The molecule has 1 N–H and O–H groups in total. The Morgan fingerprint density at radius 2 is 1.76 bits per heavy atom. The summed E-state index contributed by atoms with van der Waals surface area (Å²) in [6.45, 7) is 5.42. The molecule has 2 aromatic heterocycles. The van der Waals surface area contributed by atoms with Crippen LogP contribution in [0.3, 0.4) is 0 Å². The molecule has 0 saturated carbocycles. The van der Waals surface area contributed by atoms with Gasteiger partial charge in [-0.25, -0.2) is 4.79 Å². The number of imidazole rings is 1. The number of hydrogen-bond donors (Lipinski definition) is 1. The fourth-order valence-electron chi connectivity index (χ4n) is 2.01. The molecule has 0 bridgehead atoms. The van der Waals surface area contributed by atoms with E-state index in [0.717, 1.165) is 4.57 Å². The highest BCUT2D eigenvalue weighted by atomic mass is 32.1. The second-order valence-corrected chi connectivity index (χ2v) is 6.48. The lowest BCUT2D eigenvalue weighted by atomic mass is 9.91. The zero-order valence-electron chi connectivity index (χ0n) is 12.7. The van der Waals surface area contributed by atoms with Crippen molar-refractivity contribution in [2.24, 2.45) is 19.5 Å². The van der Waals surface area contributed by atoms with Crippen LogP contribution in [0.2, 0.25) is 0 Å². The van der Waals surface area contributed by atoms with Crippen LogP contribution < -0.4 is 11.2 Å². The number of rotatable bonds is 2. The van der Waals surface area contributed by atoms with Crippen molar-refractivity contribution in [2.45, 2.75) is 27.3 Å². The number of hydrogen-bond acceptors (Lipinski definition) is 4. The first-order valence-corrected chi connectivity index (χ1v) is 6.88. The van der Waals surface area contributed by atoms with Crippen LogP contribution in [0.25, 0.3) is 11.2 Å². The number of aromatic nitrogens is 4. The fraction of sp³-hybridized carbons (Fsp3) is 0.538. The number of Topliss-reactive ketones (excluding diaryl/α,β-unsaturated/α-hetero) is 1. The molecule has 0 amide bonds. The predicted molar refractivity (Wildman–Crippen MR) is 82.1 cm³/mol. The van der Waals surface area contributed by atoms with Gasteiger partial charge >= 0.3 is 5.69 Å². The van der Waals surface area contributed by atoms with Gasteiger partial charge in [-0.05, 0) is 12.2 Å². The minimum Gasteiger partial charge on any atom is -0.316 e. The van der Waals surface area contributed by atoms with Gasteiger partial charge in [0.05, 0.1) is 6.54 Å². The first kappa shape index (κ1) is 15.4. The Morgan fingerprint density at radius 1 is 1.19 bits per heavy atom. The topological polar surface area (TPSA) is 81.8 Å². The lowest BCUT2D eigenvalue weighted by molar-refractivity contribution is -0.126. The predicted octanol–water partition coefficient (Wildman–Crippen LogP) is 0.711. The van der Waals surface area contributed by atoms with Crippen molar-refractivity contribution in [3.8, 4) is 0 Å². The van der Waals surface area contributed by atoms with Gasteiger partial charge in [0.15, 0.2) is 16.1 Å². The van der Waals surface area contributed by atoms with E-state index in [1.807, 2.05) is 20.8 Å². The highest BCUT2D eigenvalue weighted by Crippen LogP contribution is 2.17. The molecule has 0 radical (unpaired) electrons. The summed E-state index contributed by atoms with van der Waals surface area (Å²) < 4.78 is 4.02. The van der Waals surface area contributed by atoms with Crippen LogP contribution in [0, 0.1) is 10.2 Å². The van der Waals surface area contributed by atoms with E-state index in [9.17, 15) is 14.4 Å². The van der Waals surface area contributed by atoms with E-state index in [2.05, 4.69) is 4.98 Å². The Bertz CT molecular complexity index is 905. The zero-order valence-corrected chi connectivity index (χ0v) is 13.5. The smallest absolute Gasteiger partial charge is 0.316 e. The fourth-order valence-corrected chi connectivity index (χ4v) is 2.27. The lowest BCUT2D eigenvalue weighted by Crippen LogP contribution is -2.38. The second-order valence-electron chi connectivity index (χ2n) is 6.09. The van der Waals surface area contributed by atoms with Crippen molar-refractivity contribution in [3.05, 3.63) is 25.6 Å². The van der Waals surface area contributed by atoms with Gasteiger partial charge in [-0.15, -0.1) is 0 Å². The number of carbonyl (C=O) groups excluding carboxylic acids is 1. The summed E-state index contributed by atoms with van der Waals surface area (Å²) in [5.41, 5.74) is -0.887. The van der Waals surface area contributed by atoms with Crippen molar-refractivity contribution in [2.75, 3.05) is 0 Å². The van der Waals surface area contributed by atoms with Crippen LogP contribution >= 0.6 is 12.2 Å². The Labute approximate surface area is 125 Å². The average Bonchev–Trinajstić information content (AvgIpc) is 2.70. The molecule has 0 aromatic carbocycles. The van der Waals surface area contributed by atoms with E-state index in [-0.39, 0.29) is 22.6 Å². The van der Waals surface area contributed by atoms with Gasteiger partial charge in [0.25, 0.3) is 5.56 Å². The van der Waals surface area contributed by atoms with Crippen molar-refractivity contribution in [1.29, 1.82) is 0 Å². The third kappa shape index (κ3) is 2.39. The van der Waals surface area contributed by atoms with Gasteiger partial charge < -0.3 is 9.55 Å². The molecule has 0 aliphatic rings. The highest BCUT2D eigenvalue weighted by molar-refractivity contribution is 7.71. The van der Waals surface area contributed by atoms with E-state index in [0.29, 0.717) is 5.65 Å². The molecule has 114 valence electrons. The molecule has 0 fully saturated rings. The number of nitrogens with one attached hydrogen (secondary N) is 1. The van der Waals surface area contributed by atoms with Gasteiger partial charge in [-0.3, -0.25) is 18.7 Å². The Balaban J connectivity index is 2.81. The Hall–Kier alpha value is -1.96. The molecule has 2 heterocycles. The molecule has 21 heavy (non-hydrogen) atoms. The van der Waals surface area contributed by atoms with Crippen molar-refractivity contribution < 1.29 is 4.79 Å². The number of aryl methyl sites for hydroxylation is 1. The standard InChI is InChI=1S/C13H18N4O3S/c1-13(2,3)7(18)6-17-8-9(14-11(17)21)15(4)12(20)16(5)10(8)19/h6H2,1-5H3,(H,14,21). The summed E-state index contributed by atoms with van der Waals surface area (Å²) in [5, 5.41) is 0. The van der Waals surface area contributed by atoms with Crippen molar-refractivity contribution >= 4 is 29.2 Å². The highest BCUT2D eigenvalue weighted by Gasteiger charge is 2.24. The minimum atomic E-state index is -0.537. The second kappa shape index (κ2) is 4.80. The maximum Gasteiger partial charge on any atom is 0.332 e. The number of ketones is 1. The van der Waals surface area contributed by atoms with Crippen LogP contribution in [0.4, 0.5) is 0 Å². The SMILES string of the molecule is Cn1c(=O)c2c([nH]c(=S)n2CC(=O)C(C)(C)C)n(C)c1=O. The molecule has 0 atom stereocenters. The Kier molecular flexibility index (Phi) is 3.53. The molecule has 0 saturated heterocycles. The molecular formula is C13H18N4O3S. The molecule has 2 aromatic rings. The summed E-state index contributed by atoms with van der Waals surface area (Å²) in [4.78, 5) is 39.3. The number of carbonyl (C=O) groups is 1. The van der Waals surface area contributed by atoms with Crippen LogP contribution in [0.15, 0.2) is 9.59 Å². The van der Waals surface area contributed by atoms with Crippen LogP contribution in [0.1, 0.15) is 20.8 Å². The summed E-state index contributed by atoms with van der Waals surface area (Å²) >= 11 is 5.19. The van der Waals surface area contributed by atoms with E-state index in [1.165, 1.54) is 16.2 Å². The van der Waals surface area contributed by atoms with Crippen LogP contribution in [-0.2, 0) is 25.4 Å². The monoisotopic (exact) mass is 310 g/mol. The summed E-state index contributed by atoms with van der Waals surface area (Å²) in [6, 6.07) is 0. The first-order valence-electron chi connectivity index (χ1n) is 6.47. The van der Waals surface area contributed by atoms with Crippen molar-refractivity contribution in [1.82, 2.24) is 18.7 Å². The third-order valence-corrected chi connectivity index (χ3v) is 3.84. The minimum absolute atomic E-state index is 0.00419. The zero-order chi connectivity index (χ0) is 16.1. The van der Waals surface area contributed by atoms with E-state index in [4.69, 9.17) is 12.2 Å². The summed E-state index contributed by atoms with van der Waals surface area (Å²) in [6.07, 6.45) is 0. The summed E-state index contributed by atoms with van der Waals surface area (Å²) in [5.74, 6) is -0.0459. The normalized spacial score (nSPS) is 12.0. The van der Waals surface area contributed by atoms with Crippen LogP contribution in [0.5, 0.6) is 0 Å². The summed E-state index contributed by atoms with van der Waals surface area (Å²) in [7, 11) is 2.95. The average molecular weight is 310 g/mol. The largest absolute Gasteiger partial charge is 0.332 e. The maximum absolute atomic E-state index is 12.3. The van der Waals surface area contributed by atoms with Gasteiger partial charge in [-0.2, -0.15) is 0 Å². The molecule has 8 heteroatoms. The van der Waals surface area contributed by atoms with Crippen LogP contribution in [-0.4, -0.2) is 24.5 Å². The van der Waals surface area contributed by atoms with Gasteiger partial charge in [-0.1, -0.05) is 20.8 Å². The maximum atomic E-state index is 12.3. The number of fused-ring (bicyclic) bond motifs is 1. The number of aromatic amines is 1. The van der Waals surface area contributed by atoms with Gasteiger partial charge in [0.1, 0.15) is 5.65 Å². The van der Waals surface area contributed by atoms with Gasteiger partial charge in [0.2, 0.25) is 0 Å². The molecule has 0 spiro atoms. The van der Waals surface area contributed by atoms with E-state index >= 15 is 0 Å². The molecule has 0 aliphatic carbocycles. The number of H-pyrrole nitrogens is 1. The Morgan fingerprint density at radius 3 is 2.29 bits per heavy atom. The molecule has 0 aliphatic heterocycles. The van der Waals surface area contributed by atoms with E-state index in [1.54, 1.807) is 7.05 Å². The lowest BCUT2D eigenvalue weighted by Gasteiger charge is -2.17. The van der Waals surface area contributed by atoms with Gasteiger partial charge in [0, 0.05) is 19.5 Å². The number of nitrogens with zero attached hydrogens (tertiary/aromatic N) is 3. The molecule has 0 unspecified atom stereocenters. The quantitative estimate of drug-likeness (QED) is 0.828. The molecule has 7 nitrogen and oxygen atoms in total. The van der Waals surface area contributed by atoms with Crippen molar-refractivity contribution in [3.63, 3.8) is 0 Å². The third-order valence-electron chi connectivity index (χ3n) is 3.52. The molecular weight excluding hydrogens is 292 g/mol. The molecule has 2 rings (SSSR count).